The molecule has 0 aliphatic heterocycles. The molecule has 0 saturated heterocycles. The van der Waals surface area contributed by atoms with Crippen molar-refractivity contribution < 1.29 is 9.53 Å². The predicted octanol–water partition coefficient (Wildman–Crippen LogP) is 2.43. The second-order valence-corrected chi connectivity index (χ2v) is 5.72. The van der Waals surface area contributed by atoms with Crippen molar-refractivity contribution in [3.8, 4) is 0 Å². The first-order valence-corrected chi connectivity index (χ1v) is 7.05. The lowest BCUT2D eigenvalue weighted by molar-refractivity contribution is -0.140. The largest absolute Gasteiger partial charge is 0.469 e. The number of hydrogen-bond donors (Lipinski definition) is 1. The highest BCUT2D eigenvalue weighted by atomic mass is 32.2. The Labute approximate surface area is 104 Å². The summed E-state index contributed by atoms with van der Waals surface area (Å²) < 4.78 is 4.60. The van der Waals surface area contributed by atoms with Crippen LogP contribution in [-0.4, -0.2) is 24.9 Å². The van der Waals surface area contributed by atoms with Gasteiger partial charge in [0.1, 0.15) is 0 Å². The van der Waals surface area contributed by atoms with Gasteiger partial charge in [0.05, 0.1) is 18.8 Å². The smallest absolute Gasteiger partial charge is 0.306 e. The second kappa shape index (κ2) is 6.93. The van der Waals surface area contributed by atoms with Crippen LogP contribution in [0, 0.1) is 0 Å². The van der Waals surface area contributed by atoms with Gasteiger partial charge in [0.25, 0.3) is 0 Å². The molecule has 0 bridgehead atoms. The number of thiophene rings is 1. The van der Waals surface area contributed by atoms with E-state index in [1.54, 1.807) is 23.1 Å². The number of hydrogen-bond acceptors (Lipinski definition) is 5. The molecule has 2 atom stereocenters. The second-order valence-electron chi connectivity index (χ2n) is 3.49. The van der Waals surface area contributed by atoms with E-state index in [0.717, 1.165) is 5.75 Å². The average molecular weight is 259 g/mol. The van der Waals surface area contributed by atoms with Gasteiger partial charge in [-0.25, -0.2) is 0 Å². The molecule has 0 fully saturated rings. The summed E-state index contributed by atoms with van der Waals surface area (Å²) in [6.45, 7) is 2.00. The number of thioether (sulfide) groups is 1. The van der Waals surface area contributed by atoms with E-state index < -0.39 is 0 Å². The number of ether oxygens (including phenoxy) is 1. The highest BCUT2D eigenvalue weighted by Gasteiger charge is 2.18. The van der Waals surface area contributed by atoms with Crippen molar-refractivity contribution in [2.45, 2.75) is 24.6 Å². The Morgan fingerprint density at radius 2 is 2.44 bits per heavy atom. The van der Waals surface area contributed by atoms with Gasteiger partial charge in [0, 0.05) is 16.7 Å². The normalized spacial score (nSPS) is 14.4. The third-order valence-electron chi connectivity index (χ3n) is 2.13. The molecule has 1 rings (SSSR count). The van der Waals surface area contributed by atoms with Crippen LogP contribution in [0.2, 0.25) is 0 Å². The van der Waals surface area contributed by atoms with Gasteiger partial charge >= 0.3 is 5.97 Å². The number of nitrogens with two attached hydrogens (primary N) is 1. The Morgan fingerprint density at radius 3 is 2.94 bits per heavy atom. The quantitative estimate of drug-likeness (QED) is 0.797. The number of carbonyl (C=O) groups is 1. The van der Waals surface area contributed by atoms with Crippen LogP contribution in [0.15, 0.2) is 17.5 Å². The fourth-order valence-corrected chi connectivity index (χ4v) is 3.59. The summed E-state index contributed by atoms with van der Waals surface area (Å²) in [5, 5.41) is 2.32. The summed E-state index contributed by atoms with van der Waals surface area (Å²) in [4.78, 5) is 12.3. The fraction of sp³-hybridized carbons (Fsp3) is 0.545. The molecule has 1 aromatic rings. The molecule has 0 saturated carbocycles. The first-order valence-electron chi connectivity index (χ1n) is 5.12. The van der Waals surface area contributed by atoms with Crippen LogP contribution in [0.5, 0.6) is 0 Å². The maximum atomic E-state index is 11.0. The molecule has 2 N–H and O–H groups in total. The van der Waals surface area contributed by atoms with Crippen LogP contribution in [0.25, 0.3) is 0 Å². The van der Waals surface area contributed by atoms with E-state index in [9.17, 15) is 4.79 Å². The van der Waals surface area contributed by atoms with E-state index in [4.69, 9.17) is 5.73 Å². The van der Waals surface area contributed by atoms with Gasteiger partial charge in [-0.3, -0.25) is 4.79 Å². The van der Waals surface area contributed by atoms with Gasteiger partial charge in [-0.05, 0) is 18.4 Å². The molecule has 16 heavy (non-hydrogen) atoms. The van der Waals surface area contributed by atoms with Crippen molar-refractivity contribution >= 4 is 29.1 Å². The summed E-state index contributed by atoms with van der Waals surface area (Å²) in [6, 6.07) is 4.20. The first-order chi connectivity index (χ1) is 7.65. The van der Waals surface area contributed by atoms with Gasteiger partial charge in [-0.15, -0.1) is 11.3 Å². The summed E-state index contributed by atoms with van der Waals surface area (Å²) in [5.74, 6) is 0.582. The molecule has 0 aromatic carbocycles. The Bertz CT molecular complexity index is 312. The number of esters is 1. The van der Waals surface area contributed by atoms with Gasteiger partial charge in [0.15, 0.2) is 0 Å². The van der Waals surface area contributed by atoms with E-state index in [-0.39, 0.29) is 17.3 Å². The number of rotatable bonds is 6. The molecule has 1 heterocycles. The van der Waals surface area contributed by atoms with Crippen LogP contribution in [0.3, 0.4) is 0 Å². The molecular weight excluding hydrogens is 242 g/mol. The molecule has 0 amide bonds. The molecule has 2 unspecified atom stereocenters. The van der Waals surface area contributed by atoms with Crippen molar-refractivity contribution in [1.82, 2.24) is 0 Å². The van der Waals surface area contributed by atoms with Crippen LogP contribution in [0.1, 0.15) is 23.5 Å². The molecule has 5 heteroatoms. The molecule has 0 aliphatic carbocycles. The summed E-state index contributed by atoms with van der Waals surface area (Å²) >= 11 is 3.42. The molecule has 0 aliphatic rings. The van der Waals surface area contributed by atoms with Crippen LogP contribution < -0.4 is 5.73 Å². The zero-order valence-corrected chi connectivity index (χ0v) is 11.1. The first kappa shape index (κ1) is 13.5. The standard InChI is InChI=1S/C11H17NO2S2/c1-8(12)11(9-4-3-6-15-9)16-7-5-10(13)14-2/h3-4,6,8,11H,5,7,12H2,1-2H3. The maximum absolute atomic E-state index is 11.0. The minimum Gasteiger partial charge on any atom is -0.469 e. The van der Waals surface area contributed by atoms with Crippen molar-refractivity contribution in [3.05, 3.63) is 22.4 Å². The zero-order valence-electron chi connectivity index (χ0n) is 9.51. The topological polar surface area (TPSA) is 52.3 Å². The predicted molar refractivity (Wildman–Crippen MR) is 69.8 cm³/mol. The summed E-state index contributed by atoms with van der Waals surface area (Å²) in [7, 11) is 1.41. The molecule has 1 aromatic heterocycles. The van der Waals surface area contributed by atoms with Crippen LogP contribution in [0.4, 0.5) is 0 Å². The SMILES string of the molecule is COC(=O)CCSC(c1cccs1)C(C)N. The molecule has 0 radical (unpaired) electrons. The summed E-state index contributed by atoms with van der Waals surface area (Å²) in [5.41, 5.74) is 5.95. The fourth-order valence-electron chi connectivity index (χ4n) is 1.32. The van der Waals surface area contributed by atoms with Crippen molar-refractivity contribution in [2.75, 3.05) is 12.9 Å². The van der Waals surface area contributed by atoms with Gasteiger partial charge in [0.2, 0.25) is 0 Å². The molecular formula is C11H17NO2S2. The van der Waals surface area contributed by atoms with E-state index in [2.05, 4.69) is 10.8 Å². The van der Waals surface area contributed by atoms with Gasteiger partial charge in [-0.1, -0.05) is 6.07 Å². The Balaban J connectivity index is 2.44. The van der Waals surface area contributed by atoms with E-state index in [1.807, 2.05) is 18.4 Å². The van der Waals surface area contributed by atoms with E-state index >= 15 is 0 Å². The Morgan fingerprint density at radius 1 is 1.69 bits per heavy atom. The lowest BCUT2D eigenvalue weighted by atomic mass is 10.2. The van der Waals surface area contributed by atoms with Crippen LogP contribution >= 0.6 is 23.1 Å². The molecule has 3 nitrogen and oxygen atoms in total. The van der Waals surface area contributed by atoms with Crippen molar-refractivity contribution in [2.24, 2.45) is 5.73 Å². The van der Waals surface area contributed by atoms with E-state index in [0.29, 0.717) is 6.42 Å². The molecule has 90 valence electrons. The Kier molecular flexibility index (Phi) is 5.87. The highest BCUT2D eigenvalue weighted by molar-refractivity contribution is 7.99. The van der Waals surface area contributed by atoms with Gasteiger partial charge in [-0.2, -0.15) is 11.8 Å². The monoisotopic (exact) mass is 259 g/mol. The van der Waals surface area contributed by atoms with Crippen LogP contribution in [-0.2, 0) is 9.53 Å². The summed E-state index contributed by atoms with van der Waals surface area (Å²) in [6.07, 6.45) is 0.440. The lowest BCUT2D eigenvalue weighted by Crippen LogP contribution is -2.22. The minimum absolute atomic E-state index is 0.0845. The van der Waals surface area contributed by atoms with E-state index in [1.165, 1.54) is 12.0 Å². The van der Waals surface area contributed by atoms with Crippen molar-refractivity contribution in [3.63, 3.8) is 0 Å². The molecule has 0 spiro atoms. The maximum Gasteiger partial charge on any atom is 0.306 e. The minimum atomic E-state index is -0.165. The third-order valence-corrected chi connectivity index (χ3v) is 4.72. The highest BCUT2D eigenvalue weighted by Crippen LogP contribution is 2.34. The number of methoxy groups -OCH3 is 1. The Hall–Kier alpha value is -0.520. The average Bonchev–Trinajstić information content (AvgIpc) is 2.76. The third kappa shape index (κ3) is 4.15. The van der Waals surface area contributed by atoms with Gasteiger partial charge < -0.3 is 10.5 Å². The number of carbonyl (C=O) groups excluding carboxylic acids is 1. The van der Waals surface area contributed by atoms with Crippen molar-refractivity contribution in [1.29, 1.82) is 0 Å². The lowest BCUT2D eigenvalue weighted by Gasteiger charge is -2.18. The zero-order chi connectivity index (χ0) is 12.0.